The van der Waals surface area contributed by atoms with Crippen LogP contribution in [-0.2, 0) is 19.1 Å². The van der Waals surface area contributed by atoms with Crippen LogP contribution in [0.4, 0.5) is 0 Å². The Kier molecular flexibility index (Phi) is 4.56. The number of esters is 2. The predicted octanol–water partition coefficient (Wildman–Crippen LogP) is 2.92. The van der Waals surface area contributed by atoms with Crippen LogP contribution in [0.25, 0.3) is 0 Å². The molecule has 1 heterocycles. The average Bonchev–Trinajstić information content (AvgIpc) is 2.86. The van der Waals surface area contributed by atoms with Gasteiger partial charge in [0.2, 0.25) is 0 Å². The summed E-state index contributed by atoms with van der Waals surface area (Å²) in [4.78, 5) is 24.7. The minimum absolute atomic E-state index is 0.0353. The lowest BCUT2D eigenvalue weighted by molar-refractivity contribution is -0.175. The molecule has 0 aromatic carbocycles. The number of rotatable bonds is 2. The van der Waals surface area contributed by atoms with Gasteiger partial charge in [-0.1, -0.05) is 19.9 Å². The van der Waals surface area contributed by atoms with Crippen molar-refractivity contribution in [2.75, 3.05) is 0 Å². The van der Waals surface area contributed by atoms with Gasteiger partial charge in [0.15, 0.2) is 0 Å². The molecular formula is C20H28O5. The summed E-state index contributed by atoms with van der Waals surface area (Å²) in [6, 6.07) is 0. The molecule has 5 heteroatoms. The Morgan fingerprint density at radius 3 is 2.72 bits per heavy atom. The quantitative estimate of drug-likeness (QED) is 0.613. The van der Waals surface area contributed by atoms with Crippen molar-refractivity contribution in [3.63, 3.8) is 0 Å². The molecule has 6 unspecified atom stereocenters. The fourth-order valence-electron chi connectivity index (χ4n) is 4.83. The first-order valence-electron chi connectivity index (χ1n) is 9.15. The molecule has 5 nitrogen and oxygen atoms in total. The molecule has 2 fully saturated rings. The topological polar surface area (TPSA) is 72.8 Å². The molecule has 1 N–H and O–H groups in total. The third-order valence-corrected chi connectivity index (χ3v) is 6.91. The van der Waals surface area contributed by atoms with Crippen molar-refractivity contribution in [2.24, 2.45) is 17.3 Å². The first kappa shape index (κ1) is 18.2. The second-order valence-electron chi connectivity index (χ2n) is 7.96. The molecule has 0 bridgehead atoms. The van der Waals surface area contributed by atoms with Gasteiger partial charge in [0.05, 0.1) is 6.10 Å². The fourth-order valence-corrected chi connectivity index (χ4v) is 4.83. The smallest absolute Gasteiger partial charge is 0.334 e. The summed E-state index contributed by atoms with van der Waals surface area (Å²) in [5.74, 6) is -0.492. The number of aliphatic hydroxyl groups excluding tert-OH is 1. The normalized spacial score (nSPS) is 41.1. The molecule has 3 rings (SSSR count). The van der Waals surface area contributed by atoms with Crippen molar-refractivity contribution < 1.29 is 24.2 Å². The van der Waals surface area contributed by atoms with Crippen LogP contribution in [0.3, 0.4) is 0 Å². The standard InChI is InChI=1S/C20H28O5/c1-6-10(2)18(22)25-17-16-11(3)19(23)24-15(16)9-13-7-8-14(21)12(4)20(13,17)5/h6,12-15,17,21H,7-9H2,1-5H3. The van der Waals surface area contributed by atoms with Crippen molar-refractivity contribution in [1.29, 1.82) is 0 Å². The molecule has 0 aromatic rings. The van der Waals surface area contributed by atoms with Crippen LogP contribution < -0.4 is 0 Å². The molecule has 138 valence electrons. The average molecular weight is 348 g/mol. The van der Waals surface area contributed by atoms with Crippen molar-refractivity contribution in [3.8, 4) is 0 Å². The number of ether oxygens (including phenoxy) is 2. The van der Waals surface area contributed by atoms with Gasteiger partial charge in [-0.3, -0.25) is 0 Å². The summed E-state index contributed by atoms with van der Waals surface area (Å²) in [5, 5.41) is 10.5. The van der Waals surface area contributed by atoms with E-state index in [0.29, 0.717) is 11.1 Å². The molecule has 2 saturated carbocycles. The number of allylic oxidation sites excluding steroid dienone is 1. The van der Waals surface area contributed by atoms with Crippen LogP contribution in [-0.4, -0.2) is 35.4 Å². The van der Waals surface area contributed by atoms with Crippen molar-refractivity contribution in [3.05, 3.63) is 22.8 Å². The molecular weight excluding hydrogens is 320 g/mol. The molecule has 0 aromatic heterocycles. The van der Waals surface area contributed by atoms with E-state index in [1.54, 1.807) is 26.8 Å². The minimum Gasteiger partial charge on any atom is -0.454 e. The van der Waals surface area contributed by atoms with E-state index in [4.69, 9.17) is 9.47 Å². The van der Waals surface area contributed by atoms with E-state index in [2.05, 4.69) is 6.92 Å². The lowest BCUT2D eigenvalue weighted by Crippen LogP contribution is -2.58. The summed E-state index contributed by atoms with van der Waals surface area (Å²) < 4.78 is 11.5. The van der Waals surface area contributed by atoms with Gasteiger partial charge in [-0.25, -0.2) is 9.59 Å². The number of aliphatic hydroxyl groups is 1. The van der Waals surface area contributed by atoms with E-state index in [-0.39, 0.29) is 29.9 Å². The van der Waals surface area contributed by atoms with Gasteiger partial charge in [0.1, 0.15) is 12.2 Å². The third kappa shape index (κ3) is 2.64. The van der Waals surface area contributed by atoms with Crippen molar-refractivity contribution in [1.82, 2.24) is 0 Å². The van der Waals surface area contributed by atoms with Crippen LogP contribution in [0.2, 0.25) is 0 Å². The van der Waals surface area contributed by atoms with Gasteiger partial charge in [-0.15, -0.1) is 0 Å². The molecule has 0 amide bonds. The number of hydrogen-bond acceptors (Lipinski definition) is 5. The van der Waals surface area contributed by atoms with E-state index < -0.39 is 17.6 Å². The molecule has 0 saturated heterocycles. The Morgan fingerprint density at radius 1 is 1.40 bits per heavy atom. The predicted molar refractivity (Wildman–Crippen MR) is 92.5 cm³/mol. The molecule has 6 atom stereocenters. The van der Waals surface area contributed by atoms with Gasteiger partial charge in [-0.2, -0.15) is 0 Å². The molecule has 25 heavy (non-hydrogen) atoms. The van der Waals surface area contributed by atoms with E-state index in [0.717, 1.165) is 24.8 Å². The Bertz CT molecular complexity index is 661. The fraction of sp³-hybridized carbons (Fsp3) is 0.700. The minimum atomic E-state index is -0.546. The lowest BCUT2D eigenvalue weighted by atomic mass is 9.52. The Hall–Kier alpha value is -1.62. The van der Waals surface area contributed by atoms with E-state index in [9.17, 15) is 14.7 Å². The lowest BCUT2D eigenvalue weighted by Gasteiger charge is -2.56. The SMILES string of the molecule is CC=C(C)C(=O)OC1C2=C(C)C(=O)OC2CC2CCC(O)C(C)C21C. The molecule has 2 aliphatic carbocycles. The Labute approximate surface area is 149 Å². The maximum Gasteiger partial charge on any atom is 0.334 e. The highest BCUT2D eigenvalue weighted by Gasteiger charge is 2.60. The number of hydrogen-bond donors (Lipinski definition) is 1. The number of fused-ring (bicyclic) bond motifs is 2. The third-order valence-electron chi connectivity index (χ3n) is 6.91. The molecule has 0 spiro atoms. The van der Waals surface area contributed by atoms with E-state index in [1.807, 2.05) is 6.92 Å². The van der Waals surface area contributed by atoms with Gasteiger partial charge in [0, 0.05) is 22.1 Å². The van der Waals surface area contributed by atoms with Gasteiger partial charge >= 0.3 is 11.9 Å². The second kappa shape index (κ2) is 6.27. The zero-order valence-corrected chi connectivity index (χ0v) is 15.7. The second-order valence-corrected chi connectivity index (χ2v) is 7.96. The van der Waals surface area contributed by atoms with Crippen LogP contribution >= 0.6 is 0 Å². The molecule has 3 aliphatic rings. The summed E-state index contributed by atoms with van der Waals surface area (Å²) in [6.45, 7) is 9.37. The highest BCUT2D eigenvalue weighted by atomic mass is 16.6. The van der Waals surface area contributed by atoms with Crippen LogP contribution in [0.5, 0.6) is 0 Å². The zero-order chi connectivity index (χ0) is 18.5. The summed E-state index contributed by atoms with van der Waals surface area (Å²) in [5.41, 5.74) is 1.46. The Balaban J connectivity index is 2.08. The van der Waals surface area contributed by atoms with Crippen LogP contribution in [0, 0.1) is 17.3 Å². The van der Waals surface area contributed by atoms with Gasteiger partial charge in [-0.05, 0) is 51.9 Å². The zero-order valence-electron chi connectivity index (χ0n) is 15.7. The summed E-state index contributed by atoms with van der Waals surface area (Å²) >= 11 is 0. The molecule has 0 radical (unpaired) electrons. The van der Waals surface area contributed by atoms with Crippen molar-refractivity contribution >= 4 is 11.9 Å². The number of carbonyl (C=O) groups excluding carboxylic acids is 2. The largest absolute Gasteiger partial charge is 0.454 e. The Morgan fingerprint density at radius 2 is 2.08 bits per heavy atom. The highest BCUT2D eigenvalue weighted by molar-refractivity contribution is 5.93. The molecule has 1 aliphatic heterocycles. The van der Waals surface area contributed by atoms with Crippen LogP contribution in [0.1, 0.15) is 53.9 Å². The monoisotopic (exact) mass is 348 g/mol. The highest BCUT2D eigenvalue weighted by Crippen LogP contribution is 2.57. The first-order valence-corrected chi connectivity index (χ1v) is 9.15. The summed E-state index contributed by atoms with van der Waals surface area (Å²) in [7, 11) is 0. The van der Waals surface area contributed by atoms with E-state index >= 15 is 0 Å². The number of carbonyl (C=O) groups is 2. The van der Waals surface area contributed by atoms with Gasteiger partial charge in [0.25, 0.3) is 0 Å². The van der Waals surface area contributed by atoms with E-state index in [1.165, 1.54) is 0 Å². The van der Waals surface area contributed by atoms with Crippen LogP contribution in [0.15, 0.2) is 22.8 Å². The van der Waals surface area contributed by atoms with Gasteiger partial charge < -0.3 is 14.6 Å². The maximum atomic E-state index is 12.5. The maximum absolute atomic E-state index is 12.5. The first-order chi connectivity index (χ1) is 11.7. The van der Waals surface area contributed by atoms with Crippen molar-refractivity contribution in [2.45, 2.75) is 72.2 Å². The summed E-state index contributed by atoms with van der Waals surface area (Å²) in [6.07, 6.45) is 2.75.